The summed E-state index contributed by atoms with van der Waals surface area (Å²) in [6.45, 7) is 1.16. The average molecular weight is 305 g/mol. The molecule has 1 heterocycles. The molecule has 0 amide bonds. The zero-order valence-corrected chi connectivity index (χ0v) is 12.2. The first kappa shape index (κ1) is 14.6. The second-order valence-corrected chi connectivity index (χ2v) is 6.93. The quantitative estimate of drug-likeness (QED) is 0.863. The van der Waals surface area contributed by atoms with Crippen molar-refractivity contribution in [2.45, 2.75) is 23.8 Å². The lowest BCUT2D eigenvalue weighted by Gasteiger charge is -2.30. The minimum absolute atomic E-state index is 0.0585. The van der Waals surface area contributed by atoms with Crippen molar-refractivity contribution in [2.24, 2.45) is 0 Å². The molecule has 0 aromatic heterocycles. The second-order valence-electron chi connectivity index (χ2n) is 4.55. The van der Waals surface area contributed by atoms with Crippen molar-refractivity contribution in [2.75, 3.05) is 26.0 Å². The van der Waals surface area contributed by atoms with Crippen LogP contribution in [0.2, 0.25) is 5.02 Å². The van der Waals surface area contributed by atoms with Crippen LogP contribution in [0.3, 0.4) is 0 Å². The largest absolute Gasteiger partial charge is 0.399 e. The Hall–Kier alpha value is -0.820. The molecule has 5 nitrogen and oxygen atoms in total. The Kier molecular flexibility index (Phi) is 4.35. The van der Waals surface area contributed by atoms with E-state index in [-0.39, 0.29) is 16.0 Å². The minimum Gasteiger partial charge on any atom is -0.399 e. The van der Waals surface area contributed by atoms with E-state index in [9.17, 15) is 8.42 Å². The highest BCUT2D eigenvalue weighted by atomic mass is 35.5. The van der Waals surface area contributed by atoms with Crippen molar-refractivity contribution < 1.29 is 13.2 Å². The molecule has 2 rings (SSSR count). The van der Waals surface area contributed by atoms with Crippen LogP contribution in [0.1, 0.15) is 12.8 Å². The van der Waals surface area contributed by atoms with Gasteiger partial charge in [0.15, 0.2) is 0 Å². The van der Waals surface area contributed by atoms with Gasteiger partial charge in [-0.25, -0.2) is 8.42 Å². The number of nitrogen functional groups attached to an aromatic ring is 1. The van der Waals surface area contributed by atoms with Gasteiger partial charge in [-0.1, -0.05) is 11.6 Å². The van der Waals surface area contributed by atoms with Crippen molar-refractivity contribution in [3.8, 4) is 0 Å². The van der Waals surface area contributed by atoms with Gasteiger partial charge in [-0.15, -0.1) is 0 Å². The number of rotatable bonds is 3. The van der Waals surface area contributed by atoms with Crippen LogP contribution in [-0.2, 0) is 14.8 Å². The third kappa shape index (κ3) is 3.02. The van der Waals surface area contributed by atoms with E-state index in [1.54, 1.807) is 13.1 Å². The molecule has 7 heteroatoms. The standard InChI is InChI=1S/C12H17ClN2O3S/c1-15(10-4-6-18-7-5-10)19(16,17)12-8-9(14)2-3-11(12)13/h2-3,8,10H,4-7,14H2,1H3. The van der Waals surface area contributed by atoms with E-state index in [0.717, 1.165) is 0 Å². The summed E-state index contributed by atoms with van der Waals surface area (Å²) >= 11 is 5.98. The maximum atomic E-state index is 12.5. The molecule has 1 saturated heterocycles. The lowest BCUT2D eigenvalue weighted by Crippen LogP contribution is -2.40. The van der Waals surface area contributed by atoms with Crippen molar-refractivity contribution >= 4 is 27.3 Å². The molecule has 106 valence electrons. The van der Waals surface area contributed by atoms with Gasteiger partial charge in [-0.3, -0.25) is 0 Å². The molecule has 1 fully saturated rings. The molecular weight excluding hydrogens is 288 g/mol. The fourth-order valence-electron chi connectivity index (χ4n) is 2.12. The van der Waals surface area contributed by atoms with Crippen LogP contribution in [0.4, 0.5) is 5.69 Å². The van der Waals surface area contributed by atoms with Gasteiger partial charge in [0.1, 0.15) is 4.90 Å². The highest BCUT2D eigenvalue weighted by Crippen LogP contribution is 2.28. The van der Waals surface area contributed by atoms with Crippen molar-refractivity contribution in [3.63, 3.8) is 0 Å². The Bertz CT molecular complexity index is 556. The second kappa shape index (κ2) is 5.66. The fourth-order valence-corrected chi connectivity index (χ4v) is 4.04. The van der Waals surface area contributed by atoms with E-state index in [4.69, 9.17) is 22.1 Å². The summed E-state index contributed by atoms with van der Waals surface area (Å²) in [4.78, 5) is 0.0585. The molecule has 2 N–H and O–H groups in total. The Balaban J connectivity index is 2.33. The van der Waals surface area contributed by atoms with E-state index in [1.807, 2.05) is 0 Å². The summed E-state index contributed by atoms with van der Waals surface area (Å²) in [5.74, 6) is 0. The Morgan fingerprint density at radius 1 is 1.37 bits per heavy atom. The van der Waals surface area contributed by atoms with Crippen molar-refractivity contribution in [1.29, 1.82) is 0 Å². The molecular formula is C12H17ClN2O3S. The lowest BCUT2D eigenvalue weighted by atomic mass is 10.1. The van der Waals surface area contributed by atoms with Gasteiger partial charge >= 0.3 is 0 Å². The van der Waals surface area contributed by atoms with Gasteiger partial charge in [0, 0.05) is 32.0 Å². The molecule has 0 spiro atoms. The fraction of sp³-hybridized carbons (Fsp3) is 0.500. The molecule has 0 bridgehead atoms. The van der Waals surface area contributed by atoms with Crippen molar-refractivity contribution in [3.05, 3.63) is 23.2 Å². The van der Waals surface area contributed by atoms with Gasteiger partial charge in [0.25, 0.3) is 0 Å². The highest BCUT2D eigenvalue weighted by Gasteiger charge is 2.30. The molecule has 0 unspecified atom stereocenters. The van der Waals surface area contributed by atoms with Crippen molar-refractivity contribution in [1.82, 2.24) is 4.31 Å². The summed E-state index contributed by atoms with van der Waals surface area (Å²) in [6, 6.07) is 4.42. The van der Waals surface area contributed by atoms with E-state index in [2.05, 4.69) is 0 Å². The van der Waals surface area contributed by atoms with E-state index >= 15 is 0 Å². The zero-order chi connectivity index (χ0) is 14.0. The smallest absolute Gasteiger partial charge is 0.244 e. The van der Waals surface area contributed by atoms with E-state index in [0.29, 0.717) is 31.7 Å². The number of anilines is 1. The van der Waals surface area contributed by atoms with Gasteiger partial charge in [0.2, 0.25) is 10.0 Å². The molecule has 1 aromatic rings. The Labute approximate surface area is 118 Å². The predicted molar refractivity (Wildman–Crippen MR) is 74.7 cm³/mol. The van der Waals surface area contributed by atoms with Gasteiger partial charge in [-0.2, -0.15) is 4.31 Å². The lowest BCUT2D eigenvalue weighted by molar-refractivity contribution is 0.0632. The molecule has 1 aliphatic rings. The summed E-state index contributed by atoms with van der Waals surface area (Å²) in [5, 5.41) is 0.188. The maximum absolute atomic E-state index is 12.5. The molecule has 0 radical (unpaired) electrons. The van der Waals surface area contributed by atoms with E-state index < -0.39 is 10.0 Å². The predicted octanol–water partition coefficient (Wildman–Crippen LogP) is 1.72. The third-order valence-electron chi connectivity index (χ3n) is 3.32. The van der Waals surface area contributed by atoms with Crippen LogP contribution in [0, 0.1) is 0 Å². The third-order valence-corrected chi connectivity index (χ3v) is 5.71. The minimum atomic E-state index is -3.63. The number of halogens is 1. The average Bonchev–Trinajstić information content (AvgIpc) is 2.41. The summed E-state index contributed by atoms with van der Waals surface area (Å²) in [5.41, 5.74) is 6.02. The van der Waals surface area contributed by atoms with Crippen LogP contribution in [-0.4, -0.2) is 39.0 Å². The maximum Gasteiger partial charge on any atom is 0.244 e. The van der Waals surface area contributed by atoms with E-state index in [1.165, 1.54) is 16.4 Å². The van der Waals surface area contributed by atoms with Crippen LogP contribution in [0.25, 0.3) is 0 Å². The number of nitrogens with two attached hydrogens (primary N) is 1. The SMILES string of the molecule is CN(C1CCOCC1)S(=O)(=O)c1cc(N)ccc1Cl. The van der Waals surface area contributed by atoms with Crippen LogP contribution >= 0.6 is 11.6 Å². The molecule has 0 aliphatic carbocycles. The first-order valence-corrected chi connectivity index (χ1v) is 7.85. The van der Waals surface area contributed by atoms with Gasteiger partial charge in [0.05, 0.1) is 5.02 Å². The Morgan fingerprint density at radius 3 is 2.63 bits per heavy atom. The summed E-state index contributed by atoms with van der Waals surface area (Å²) in [6.07, 6.45) is 1.38. The first-order valence-electron chi connectivity index (χ1n) is 6.03. The summed E-state index contributed by atoms with van der Waals surface area (Å²) < 4.78 is 31.7. The number of nitrogens with zero attached hydrogens (tertiary/aromatic N) is 1. The molecule has 19 heavy (non-hydrogen) atoms. The normalized spacial score (nSPS) is 17.8. The van der Waals surface area contributed by atoms with Gasteiger partial charge < -0.3 is 10.5 Å². The molecule has 1 aromatic carbocycles. The number of hydrogen-bond donors (Lipinski definition) is 1. The number of benzene rings is 1. The number of ether oxygens (including phenoxy) is 1. The van der Waals surface area contributed by atoms with Crippen LogP contribution in [0.5, 0.6) is 0 Å². The number of hydrogen-bond acceptors (Lipinski definition) is 4. The Morgan fingerprint density at radius 2 is 2.00 bits per heavy atom. The highest BCUT2D eigenvalue weighted by molar-refractivity contribution is 7.89. The van der Waals surface area contributed by atoms with Crippen LogP contribution < -0.4 is 5.73 Å². The van der Waals surface area contributed by atoms with Crippen LogP contribution in [0.15, 0.2) is 23.1 Å². The molecule has 0 atom stereocenters. The first-order chi connectivity index (χ1) is 8.93. The zero-order valence-electron chi connectivity index (χ0n) is 10.7. The topological polar surface area (TPSA) is 72.6 Å². The summed E-state index contributed by atoms with van der Waals surface area (Å²) in [7, 11) is -2.05. The molecule has 0 saturated carbocycles. The monoisotopic (exact) mass is 304 g/mol. The molecule has 1 aliphatic heterocycles. The van der Waals surface area contributed by atoms with Gasteiger partial charge in [-0.05, 0) is 31.0 Å². The number of sulfonamides is 1.